The van der Waals surface area contributed by atoms with Gasteiger partial charge in [-0.05, 0) is 24.3 Å². The second kappa shape index (κ2) is 7.45. The van der Waals surface area contributed by atoms with Crippen molar-refractivity contribution in [3.8, 4) is 11.5 Å². The number of halogens is 2. The van der Waals surface area contributed by atoms with E-state index in [4.69, 9.17) is 26.2 Å². The Morgan fingerprint density at radius 2 is 2.16 bits per heavy atom. The molecule has 25 heavy (non-hydrogen) atoms. The van der Waals surface area contributed by atoms with Crippen molar-refractivity contribution in [2.75, 3.05) is 6.61 Å². The molecule has 0 aliphatic carbocycles. The molecule has 3 rings (SSSR count). The van der Waals surface area contributed by atoms with E-state index in [2.05, 4.69) is 15.9 Å². The lowest BCUT2D eigenvalue weighted by molar-refractivity contribution is -0.137. The minimum Gasteiger partial charge on any atom is -0.493 e. The molecule has 0 aromatic heterocycles. The van der Waals surface area contributed by atoms with Gasteiger partial charge < -0.3 is 14.6 Å². The topological polar surface area (TPSA) is 72.8 Å². The molecule has 130 valence electrons. The van der Waals surface area contributed by atoms with Crippen molar-refractivity contribution in [1.82, 2.24) is 0 Å². The summed E-state index contributed by atoms with van der Waals surface area (Å²) in [4.78, 5) is 23.1. The maximum Gasteiger partial charge on any atom is 0.306 e. The fourth-order valence-electron chi connectivity index (χ4n) is 2.63. The van der Waals surface area contributed by atoms with Crippen molar-refractivity contribution >= 4 is 39.3 Å². The maximum absolute atomic E-state index is 12.4. The number of para-hydroxylation sites is 1. The Balaban J connectivity index is 1.90. The summed E-state index contributed by atoms with van der Waals surface area (Å²) in [6.07, 6.45) is -0.511. The van der Waals surface area contributed by atoms with E-state index >= 15 is 0 Å². The van der Waals surface area contributed by atoms with Crippen LogP contribution in [-0.4, -0.2) is 23.5 Å². The minimum absolute atomic E-state index is 0.0246. The van der Waals surface area contributed by atoms with E-state index in [1.807, 2.05) is 6.07 Å². The molecule has 0 spiro atoms. The van der Waals surface area contributed by atoms with E-state index in [0.29, 0.717) is 27.6 Å². The van der Waals surface area contributed by atoms with Gasteiger partial charge >= 0.3 is 5.97 Å². The maximum atomic E-state index is 12.4. The summed E-state index contributed by atoms with van der Waals surface area (Å²) in [5, 5.41) is 9.14. The number of carbonyl (C=O) groups is 2. The molecule has 1 heterocycles. The molecule has 1 aliphatic heterocycles. The molecule has 5 nitrogen and oxygen atoms in total. The summed E-state index contributed by atoms with van der Waals surface area (Å²) in [5.74, 6) is -0.164. The van der Waals surface area contributed by atoms with Crippen LogP contribution in [0.15, 0.2) is 40.9 Å². The van der Waals surface area contributed by atoms with E-state index in [0.717, 1.165) is 4.47 Å². The van der Waals surface area contributed by atoms with Crippen molar-refractivity contribution in [1.29, 1.82) is 0 Å². The average molecular weight is 426 g/mol. The van der Waals surface area contributed by atoms with Crippen molar-refractivity contribution in [2.24, 2.45) is 0 Å². The summed E-state index contributed by atoms with van der Waals surface area (Å²) in [6, 6.07) is 10.4. The van der Waals surface area contributed by atoms with Gasteiger partial charge in [0.1, 0.15) is 17.6 Å². The lowest BCUT2D eigenvalue weighted by atomic mass is 9.96. The fourth-order valence-corrected chi connectivity index (χ4v) is 3.19. The number of benzene rings is 2. The Labute approximate surface area is 157 Å². The van der Waals surface area contributed by atoms with Gasteiger partial charge in [-0.3, -0.25) is 9.59 Å². The molecule has 0 radical (unpaired) electrons. The van der Waals surface area contributed by atoms with Gasteiger partial charge in [0.2, 0.25) is 0 Å². The SMILES string of the molecule is O=C(O)CCOc1cc(Br)ccc1[C@@H]1CC(=O)c2cccc(Cl)c2O1. The summed E-state index contributed by atoms with van der Waals surface area (Å²) >= 11 is 9.53. The monoisotopic (exact) mass is 424 g/mol. The van der Waals surface area contributed by atoms with E-state index in [1.165, 1.54) is 0 Å². The smallest absolute Gasteiger partial charge is 0.306 e. The van der Waals surface area contributed by atoms with Crippen molar-refractivity contribution in [3.05, 3.63) is 57.0 Å². The van der Waals surface area contributed by atoms with Crippen LogP contribution in [0.5, 0.6) is 11.5 Å². The van der Waals surface area contributed by atoms with Crippen LogP contribution in [-0.2, 0) is 4.79 Å². The highest BCUT2D eigenvalue weighted by Gasteiger charge is 2.31. The Morgan fingerprint density at radius 3 is 2.92 bits per heavy atom. The van der Waals surface area contributed by atoms with Crippen molar-refractivity contribution < 1.29 is 24.2 Å². The Hall–Kier alpha value is -2.05. The molecule has 2 aromatic carbocycles. The van der Waals surface area contributed by atoms with Gasteiger partial charge in [-0.25, -0.2) is 0 Å². The lowest BCUT2D eigenvalue weighted by Gasteiger charge is -2.27. The molecule has 1 aliphatic rings. The van der Waals surface area contributed by atoms with Crippen LogP contribution >= 0.6 is 27.5 Å². The van der Waals surface area contributed by atoms with Gasteiger partial charge in [0.25, 0.3) is 0 Å². The summed E-state index contributed by atoms with van der Waals surface area (Å²) in [5.41, 5.74) is 1.14. The fraction of sp³-hybridized carbons (Fsp3) is 0.222. The summed E-state index contributed by atoms with van der Waals surface area (Å²) in [7, 11) is 0. The van der Waals surface area contributed by atoms with Gasteiger partial charge in [-0.15, -0.1) is 0 Å². The zero-order valence-corrected chi connectivity index (χ0v) is 15.3. The molecule has 0 fully saturated rings. The number of carbonyl (C=O) groups excluding carboxylic acids is 1. The number of ketones is 1. The standard InChI is InChI=1S/C18H14BrClO5/c19-10-4-5-12(15(8-10)24-7-6-17(22)23)16-9-14(21)11-2-1-3-13(20)18(11)25-16/h1-5,8,16H,6-7,9H2,(H,22,23)/t16-/m0/s1. The van der Waals surface area contributed by atoms with Gasteiger partial charge in [0.15, 0.2) is 5.78 Å². The van der Waals surface area contributed by atoms with Crippen LogP contribution < -0.4 is 9.47 Å². The average Bonchev–Trinajstić information content (AvgIpc) is 2.55. The number of hydrogen-bond acceptors (Lipinski definition) is 4. The predicted molar refractivity (Wildman–Crippen MR) is 95.7 cm³/mol. The number of hydrogen-bond donors (Lipinski definition) is 1. The molecule has 0 unspecified atom stereocenters. The summed E-state index contributed by atoms with van der Waals surface area (Å²) in [6.45, 7) is 0.0246. The highest BCUT2D eigenvalue weighted by Crippen LogP contribution is 2.42. The number of ether oxygens (including phenoxy) is 2. The molecule has 0 saturated carbocycles. The predicted octanol–water partition coefficient (Wildman–Crippen LogP) is 4.66. The molecular weight excluding hydrogens is 412 g/mol. The third kappa shape index (κ3) is 3.96. The molecule has 2 aromatic rings. The normalized spacial score (nSPS) is 16.1. The molecule has 1 N–H and O–H groups in total. The van der Waals surface area contributed by atoms with Crippen LogP contribution in [0.25, 0.3) is 0 Å². The van der Waals surface area contributed by atoms with Crippen LogP contribution in [0.4, 0.5) is 0 Å². The van der Waals surface area contributed by atoms with E-state index < -0.39 is 12.1 Å². The van der Waals surface area contributed by atoms with Gasteiger partial charge in [-0.2, -0.15) is 0 Å². The third-order valence-electron chi connectivity index (χ3n) is 3.79. The van der Waals surface area contributed by atoms with Gasteiger partial charge in [-0.1, -0.05) is 39.7 Å². The van der Waals surface area contributed by atoms with Crippen molar-refractivity contribution in [3.63, 3.8) is 0 Å². The zero-order valence-electron chi connectivity index (χ0n) is 13.0. The Bertz CT molecular complexity index is 836. The second-order valence-electron chi connectivity index (χ2n) is 5.52. The zero-order chi connectivity index (χ0) is 18.0. The quantitative estimate of drug-likeness (QED) is 0.754. The van der Waals surface area contributed by atoms with Crippen LogP contribution in [0.2, 0.25) is 5.02 Å². The number of aliphatic carboxylic acids is 1. The molecule has 1 atom stereocenters. The number of carboxylic acid groups (broad SMARTS) is 1. The first-order valence-electron chi connectivity index (χ1n) is 7.58. The first kappa shape index (κ1) is 17.8. The molecule has 0 saturated heterocycles. The highest BCUT2D eigenvalue weighted by molar-refractivity contribution is 9.10. The Morgan fingerprint density at radius 1 is 1.36 bits per heavy atom. The molecule has 0 bridgehead atoms. The Kier molecular flexibility index (Phi) is 5.30. The number of fused-ring (bicyclic) bond motifs is 1. The largest absolute Gasteiger partial charge is 0.493 e. The van der Waals surface area contributed by atoms with E-state index in [-0.39, 0.29) is 25.2 Å². The number of rotatable bonds is 5. The lowest BCUT2D eigenvalue weighted by Crippen LogP contribution is -2.21. The van der Waals surface area contributed by atoms with Gasteiger partial charge in [0, 0.05) is 10.0 Å². The van der Waals surface area contributed by atoms with E-state index in [1.54, 1.807) is 30.3 Å². The number of carboxylic acids is 1. The van der Waals surface area contributed by atoms with Crippen LogP contribution in [0.3, 0.4) is 0 Å². The second-order valence-corrected chi connectivity index (χ2v) is 6.85. The minimum atomic E-state index is -0.943. The molecule has 7 heteroatoms. The number of Topliss-reactive ketones (excluding diaryl/α,β-unsaturated/α-hetero) is 1. The first-order chi connectivity index (χ1) is 12.0. The molecule has 0 amide bonds. The first-order valence-corrected chi connectivity index (χ1v) is 8.75. The van der Waals surface area contributed by atoms with Crippen LogP contribution in [0.1, 0.15) is 34.9 Å². The summed E-state index contributed by atoms with van der Waals surface area (Å²) < 4.78 is 12.3. The third-order valence-corrected chi connectivity index (χ3v) is 4.59. The van der Waals surface area contributed by atoms with E-state index in [9.17, 15) is 9.59 Å². The van der Waals surface area contributed by atoms with Gasteiger partial charge in [0.05, 0.1) is 30.0 Å². The molecular formula is C18H14BrClO5. The highest BCUT2D eigenvalue weighted by atomic mass is 79.9. The van der Waals surface area contributed by atoms with Crippen molar-refractivity contribution in [2.45, 2.75) is 18.9 Å². The van der Waals surface area contributed by atoms with Crippen LogP contribution in [0, 0.1) is 0 Å².